The fraction of sp³-hybridized carbons (Fsp3) is 0.643. The van der Waals surface area contributed by atoms with Crippen LogP contribution >= 0.6 is 35.3 Å². The molecule has 0 radical (unpaired) electrons. The number of nitrogens with one attached hydrogen (secondary N) is 2. The van der Waals surface area contributed by atoms with Crippen molar-refractivity contribution in [2.24, 2.45) is 10.9 Å². The van der Waals surface area contributed by atoms with Crippen LogP contribution in [0.25, 0.3) is 0 Å². The Labute approximate surface area is 137 Å². The summed E-state index contributed by atoms with van der Waals surface area (Å²) in [5.74, 6) is 1.94. The zero-order chi connectivity index (χ0) is 12.8. The molecule has 0 unspecified atom stereocenters. The quantitative estimate of drug-likeness (QED) is 0.336. The molecular weight excluding hydrogens is 369 g/mol. The largest absolute Gasteiger partial charge is 0.356 e. The van der Waals surface area contributed by atoms with Crippen molar-refractivity contribution in [2.45, 2.75) is 39.2 Å². The van der Waals surface area contributed by atoms with Gasteiger partial charge in [0.25, 0.3) is 0 Å². The molecule has 1 fully saturated rings. The molecule has 0 atom stereocenters. The third-order valence-electron chi connectivity index (χ3n) is 3.39. The van der Waals surface area contributed by atoms with Gasteiger partial charge in [-0.25, -0.2) is 0 Å². The summed E-state index contributed by atoms with van der Waals surface area (Å²) in [5.41, 5.74) is 1.36. The lowest BCUT2D eigenvalue weighted by Gasteiger charge is -2.11. The Kier molecular flexibility index (Phi) is 7.75. The predicted molar refractivity (Wildman–Crippen MR) is 94.6 cm³/mol. The summed E-state index contributed by atoms with van der Waals surface area (Å²) < 4.78 is 0. The fourth-order valence-electron chi connectivity index (χ4n) is 1.97. The molecule has 1 aliphatic rings. The van der Waals surface area contributed by atoms with Crippen LogP contribution in [-0.4, -0.2) is 19.6 Å². The molecule has 3 nitrogen and oxygen atoms in total. The van der Waals surface area contributed by atoms with Crippen molar-refractivity contribution in [3.63, 3.8) is 0 Å². The van der Waals surface area contributed by atoms with E-state index in [1.165, 1.54) is 36.1 Å². The third kappa shape index (κ3) is 6.12. The molecule has 0 amide bonds. The van der Waals surface area contributed by atoms with Gasteiger partial charge in [-0.05, 0) is 42.7 Å². The van der Waals surface area contributed by atoms with Crippen molar-refractivity contribution in [3.8, 4) is 0 Å². The summed E-state index contributed by atoms with van der Waals surface area (Å²) in [6.45, 7) is 4.05. The van der Waals surface area contributed by atoms with Gasteiger partial charge in [-0.1, -0.05) is 12.8 Å². The van der Waals surface area contributed by atoms with Gasteiger partial charge in [0.05, 0.1) is 6.54 Å². The van der Waals surface area contributed by atoms with Crippen molar-refractivity contribution >= 4 is 41.3 Å². The van der Waals surface area contributed by atoms with Gasteiger partial charge in [0.2, 0.25) is 0 Å². The molecule has 2 rings (SSSR count). The Hall–Kier alpha value is -0.300. The first-order valence-corrected chi connectivity index (χ1v) is 7.65. The lowest BCUT2D eigenvalue weighted by molar-refractivity contribution is 0.645. The van der Waals surface area contributed by atoms with E-state index in [0.29, 0.717) is 0 Å². The molecule has 0 aromatic carbocycles. The average Bonchev–Trinajstić information content (AvgIpc) is 3.11. The van der Waals surface area contributed by atoms with Crippen LogP contribution < -0.4 is 10.6 Å². The van der Waals surface area contributed by atoms with Crippen molar-refractivity contribution in [1.29, 1.82) is 0 Å². The summed E-state index contributed by atoms with van der Waals surface area (Å²) in [6, 6.07) is 2.16. The molecule has 1 aromatic heterocycles. The summed E-state index contributed by atoms with van der Waals surface area (Å²) >= 11 is 1.80. The molecule has 0 saturated heterocycles. The van der Waals surface area contributed by atoms with Crippen LogP contribution in [-0.2, 0) is 6.54 Å². The molecule has 1 aliphatic carbocycles. The number of hydrogen-bond acceptors (Lipinski definition) is 2. The second-order valence-corrected chi connectivity index (χ2v) is 5.97. The highest BCUT2D eigenvalue weighted by Crippen LogP contribution is 2.33. The van der Waals surface area contributed by atoms with Gasteiger partial charge >= 0.3 is 0 Å². The van der Waals surface area contributed by atoms with Gasteiger partial charge < -0.3 is 10.6 Å². The molecule has 1 saturated carbocycles. The number of nitrogens with zero attached hydrogens (tertiary/aromatic N) is 1. The Morgan fingerprint density at radius 1 is 1.42 bits per heavy atom. The minimum Gasteiger partial charge on any atom is -0.356 e. The van der Waals surface area contributed by atoms with Gasteiger partial charge in [0.15, 0.2) is 5.96 Å². The molecule has 1 aromatic rings. The van der Waals surface area contributed by atoms with Crippen molar-refractivity contribution in [2.75, 3.05) is 13.6 Å². The first kappa shape index (κ1) is 16.8. The van der Waals surface area contributed by atoms with Crippen LogP contribution in [0.5, 0.6) is 0 Å². The van der Waals surface area contributed by atoms with E-state index in [2.05, 4.69) is 34.0 Å². The number of guanidine groups is 1. The number of halogens is 1. The van der Waals surface area contributed by atoms with Gasteiger partial charge in [-0.2, -0.15) is 0 Å². The van der Waals surface area contributed by atoms with Crippen LogP contribution in [0.1, 0.15) is 36.1 Å². The van der Waals surface area contributed by atoms with E-state index < -0.39 is 0 Å². The SMILES string of the molecule is CN=C(NCCCC1CC1)NCc1sccc1C.I. The van der Waals surface area contributed by atoms with E-state index in [1.807, 2.05) is 7.05 Å². The maximum absolute atomic E-state index is 4.25. The zero-order valence-electron chi connectivity index (χ0n) is 11.7. The average molecular weight is 393 g/mol. The minimum atomic E-state index is 0. The van der Waals surface area contributed by atoms with Gasteiger partial charge in [-0.15, -0.1) is 35.3 Å². The number of aryl methyl sites for hydroxylation is 1. The molecular formula is C14H24IN3S. The Bertz CT molecular complexity index is 399. The first-order chi connectivity index (χ1) is 8.79. The van der Waals surface area contributed by atoms with Crippen LogP contribution in [0.4, 0.5) is 0 Å². The maximum Gasteiger partial charge on any atom is 0.191 e. The van der Waals surface area contributed by atoms with E-state index in [9.17, 15) is 0 Å². The third-order valence-corrected chi connectivity index (χ3v) is 4.41. The monoisotopic (exact) mass is 393 g/mol. The zero-order valence-corrected chi connectivity index (χ0v) is 14.9. The number of rotatable bonds is 6. The highest BCUT2D eigenvalue weighted by atomic mass is 127. The maximum atomic E-state index is 4.25. The fourth-order valence-corrected chi connectivity index (χ4v) is 2.82. The van der Waals surface area contributed by atoms with Crippen molar-refractivity contribution in [3.05, 3.63) is 21.9 Å². The number of thiophene rings is 1. The normalized spacial score (nSPS) is 14.9. The smallest absolute Gasteiger partial charge is 0.191 e. The highest BCUT2D eigenvalue weighted by Gasteiger charge is 2.19. The van der Waals surface area contributed by atoms with Gasteiger partial charge in [0, 0.05) is 18.5 Å². The van der Waals surface area contributed by atoms with E-state index >= 15 is 0 Å². The summed E-state index contributed by atoms with van der Waals surface area (Å²) in [7, 11) is 1.83. The summed E-state index contributed by atoms with van der Waals surface area (Å²) in [6.07, 6.45) is 5.52. The summed E-state index contributed by atoms with van der Waals surface area (Å²) in [4.78, 5) is 5.63. The van der Waals surface area contributed by atoms with E-state index in [-0.39, 0.29) is 24.0 Å². The Morgan fingerprint density at radius 3 is 2.79 bits per heavy atom. The van der Waals surface area contributed by atoms with Crippen molar-refractivity contribution in [1.82, 2.24) is 10.6 Å². The molecule has 0 spiro atoms. The summed E-state index contributed by atoms with van der Waals surface area (Å²) in [5, 5.41) is 8.88. The lowest BCUT2D eigenvalue weighted by atomic mass is 10.2. The van der Waals surface area contributed by atoms with E-state index in [4.69, 9.17) is 0 Å². The van der Waals surface area contributed by atoms with Crippen LogP contribution in [0, 0.1) is 12.8 Å². The predicted octanol–water partition coefficient (Wildman–Crippen LogP) is 3.53. The molecule has 108 valence electrons. The van der Waals surface area contributed by atoms with E-state index in [0.717, 1.165) is 25.0 Å². The Morgan fingerprint density at radius 2 is 2.21 bits per heavy atom. The first-order valence-electron chi connectivity index (χ1n) is 6.77. The standard InChI is InChI=1S/C14H23N3S.HI/c1-11-7-9-18-13(11)10-17-14(15-2)16-8-3-4-12-5-6-12;/h7,9,12H,3-6,8,10H2,1-2H3,(H2,15,16,17);1H. The van der Waals surface area contributed by atoms with Crippen LogP contribution in [0.15, 0.2) is 16.4 Å². The van der Waals surface area contributed by atoms with Crippen molar-refractivity contribution < 1.29 is 0 Å². The molecule has 0 aliphatic heterocycles. The molecule has 1 heterocycles. The molecule has 2 N–H and O–H groups in total. The molecule has 0 bridgehead atoms. The molecule has 19 heavy (non-hydrogen) atoms. The highest BCUT2D eigenvalue weighted by molar-refractivity contribution is 14.0. The van der Waals surface area contributed by atoms with Crippen LogP contribution in [0.3, 0.4) is 0 Å². The number of hydrogen-bond donors (Lipinski definition) is 2. The number of aliphatic imine (C=N–C) groups is 1. The second-order valence-electron chi connectivity index (χ2n) is 4.96. The van der Waals surface area contributed by atoms with Gasteiger partial charge in [-0.3, -0.25) is 4.99 Å². The Balaban J connectivity index is 0.00000180. The topological polar surface area (TPSA) is 36.4 Å². The van der Waals surface area contributed by atoms with E-state index in [1.54, 1.807) is 11.3 Å². The second kappa shape index (κ2) is 8.79. The lowest BCUT2D eigenvalue weighted by Crippen LogP contribution is -2.37. The molecule has 5 heteroatoms. The van der Waals surface area contributed by atoms with Gasteiger partial charge in [0.1, 0.15) is 0 Å². The minimum absolute atomic E-state index is 0. The van der Waals surface area contributed by atoms with Crippen LogP contribution in [0.2, 0.25) is 0 Å².